The summed E-state index contributed by atoms with van der Waals surface area (Å²) in [5.41, 5.74) is 2.84. The van der Waals surface area contributed by atoms with E-state index < -0.39 is 0 Å². The predicted octanol–water partition coefficient (Wildman–Crippen LogP) is 2.99. The van der Waals surface area contributed by atoms with Crippen LogP contribution in [-0.2, 0) is 11.2 Å². The van der Waals surface area contributed by atoms with E-state index in [0.717, 1.165) is 58.2 Å². The average Bonchev–Trinajstić information content (AvgIpc) is 3.27. The topological polar surface area (TPSA) is 40.1 Å². The van der Waals surface area contributed by atoms with Gasteiger partial charge in [0.25, 0.3) is 0 Å². The average molecular weight is 472 g/mol. The molecule has 0 aliphatic carbocycles. The summed E-state index contributed by atoms with van der Waals surface area (Å²) in [6.45, 7) is 9.99. The number of ether oxygens (including phenoxy) is 1. The number of guanidine groups is 1. The maximum absolute atomic E-state index is 5.50. The number of rotatable bonds is 6. The highest BCUT2D eigenvalue weighted by Crippen LogP contribution is 2.29. The smallest absolute Gasteiger partial charge is 0.193 e. The van der Waals surface area contributed by atoms with Gasteiger partial charge in [-0.15, -0.1) is 24.0 Å². The lowest BCUT2D eigenvalue weighted by Crippen LogP contribution is -2.42. The Morgan fingerprint density at radius 3 is 2.96 bits per heavy atom. The molecule has 2 aliphatic rings. The molecule has 2 heterocycles. The SMILES string of the molecule is CCNC(=NCC(C)N1CCc2ccccc21)N(C)CC1CCOC1.I. The first-order valence-electron chi connectivity index (χ1n) is 9.60. The molecule has 2 atom stereocenters. The molecule has 1 aromatic carbocycles. The van der Waals surface area contributed by atoms with Crippen molar-refractivity contribution in [2.45, 2.75) is 32.7 Å². The van der Waals surface area contributed by atoms with Gasteiger partial charge in [0.15, 0.2) is 5.96 Å². The van der Waals surface area contributed by atoms with E-state index in [1.807, 2.05) is 0 Å². The third-order valence-electron chi connectivity index (χ3n) is 5.21. The number of halogens is 1. The van der Waals surface area contributed by atoms with Crippen LogP contribution in [0.25, 0.3) is 0 Å². The summed E-state index contributed by atoms with van der Waals surface area (Å²) in [6.07, 6.45) is 2.30. The number of para-hydroxylation sites is 1. The summed E-state index contributed by atoms with van der Waals surface area (Å²) in [5, 5.41) is 3.44. The first-order chi connectivity index (χ1) is 12.2. The molecule has 146 valence electrons. The minimum Gasteiger partial charge on any atom is -0.381 e. The zero-order valence-electron chi connectivity index (χ0n) is 16.3. The van der Waals surface area contributed by atoms with Crippen LogP contribution in [-0.4, -0.2) is 63.3 Å². The zero-order valence-corrected chi connectivity index (χ0v) is 18.6. The summed E-state index contributed by atoms with van der Waals surface area (Å²) >= 11 is 0. The molecular weight excluding hydrogens is 439 g/mol. The predicted molar refractivity (Wildman–Crippen MR) is 120 cm³/mol. The van der Waals surface area contributed by atoms with Crippen molar-refractivity contribution < 1.29 is 4.74 Å². The van der Waals surface area contributed by atoms with Gasteiger partial charge in [0, 0.05) is 50.9 Å². The van der Waals surface area contributed by atoms with Crippen LogP contribution in [0.3, 0.4) is 0 Å². The maximum atomic E-state index is 5.50. The van der Waals surface area contributed by atoms with Crippen molar-refractivity contribution in [2.75, 3.05) is 51.3 Å². The normalized spacial score (nSPS) is 20.5. The molecule has 6 heteroatoms. The largest absolute Gasteiger partial charge is 0.381 e. The molecule has 0 aromatic heterocycles. The summed E-state index contributed by atoms with van der Waals surface area (Å²) in [5.74, 6) is 1.63. The summed E-state index contributed by atoms with van der Waals surface area (Å²) in [6, 6.07) is 9.15. The Morgan fingerprint density at radius 1 is 1.42 bits per heavy atom. The molecule has 2 aliphatic heterocycles. The standard InChI is InChI=1S/C20H32N4O.HI/c1-4-21-20(23(3)14-17-10-12-25-15-17)22-13-16(2)24-11-9-18-7-5-6-8-19(18)24;/h5-8,16-17H,4,9-15H2,1-3H3,(H,21,22);1H. The molecule has 2 unspecified atom stereocenters. The van der Waals surface area contributed by atoms with Crippen LogP contribution in [0, 0.1) is 5.92 Å². The van der Waals surface area contributed by atoms with Crippen LogP contribution in [0.15, 0.2) is 29.3 Å². The quantitative estimate of drug-likeness (QED) is 0.393. The molecule has 0 spiro atoms. The molecule has 26 heavy (non-hydrogen) atoms. The van der Waals surface area contributed by atoms with Crippen molar-refractivity contribution in [3.8, 4) is 0 Å². The second kappa shape index (κ2) is 10.3. The first kappa shape index (κ1) is 21.3. The Balaban J connectivity index is 0.00000243. The van der Waals surface area contributed by atoms with Crippen LogP contribution in [0.4, 0.5) is 5.69 Å². The van der Waals surface area contributed by atoms with Gasteiger partial charge in [-0.2, -0.15) is 0 Å². The molecule has 1 N–H and O–H groups in total. The minimum absolute atomic E-state index is 0. The van der Waals surface area contributed by atoms with Gasteiger partial charge in [-0.3, -0.25) is 4.99 Å². The summed E-state index contributed by atoms with van der Waals surface area (Å²) in [4.78, 5) is 9.67. The van der Waals surface area contributed by atoms with Gasteiger partial charge in [0.05, 0.1) is 13.2 Å². The molecule has 0 radical (unpaired) electrons. The monoisotopic (exact) mass is 472 g/mol. The highest BCUT2D eigenvalue weighted by atomic mass is 127. The number of aliphatic imine (C=N–C) groups is 1. The second-order valence-electron chi connectivity index (χ2n) is 7.23. The fourth-order valence-corrected chi connectivity index (χ4v) is 3.81. The molecule has 0 amide bonds. The number of fused-ring (bicyclic) bond motifs is 1. The molecule has 3 rings (SSSR count). The lowest BCUT2D eigenvalue weighted by molar-refractivity contribution is 0.181. The lowest BCUT2D eigenvalue weighted by Gasteiger charge is -2.28. The van der Waals surface area contributed by atoms with E-state index in [9.17, 15) is 0 Å². The van der Waals surface area contributed by atoms with E-state index in [0.29, 0.717) is 12.0 Å². The van der Waals surface area contributed by atoms with E-state index in [-0.39, 0.29) is 24.0 Å². The van der Waals surface area contributed by atoms with Crippen molar-refractivity contribution >= 4 is 35.6 Å². The Kier molecular flexibility index (Phi) is 8.47. The number of benzene rings is 1. The Labute approximate surface area is 175 Å². The zero-order chi connectivity index (χ0) is 17.6. The van der Waals surface area contributed by atoms with Crippen molar-refractivity contribution in [1.82, 2.24) is 10.2 Å². The highest BCUT2D eigenvalue weighted by molar-refractivity contribution is 14.0. The number of nitrogens with one attached hydrogen (secondary N) is 1. The number of hydrogen-bond donors (Lipinski definition) is 1. The van der Waals surface area contributed by atoms with Gasteiger partial charge >= 0.3 is 0 Å². The van der Waals surface area contributed by atoms with Gasteiger partial charge in [-0.1, -0.05) is 18.2 Å². The fourth-order valence-electron chi connectivity index (χ4n) is 3.81. The number of hydrogen-bond acceptors (Lipinski definition) is 3. The Hall–Kier alpha value is -1.02. The molecule has 1 fully saturated rings. The van der Waals surface area contributed by atoms with Gasteiger partial charge in [0.1, 0.15) is 0 Å². The van der Waals surface area contributed by atoms with Crippen molar-refractivity contribution in [1.29, 1.82) is 0 Å². The molecule has 0 bridgehead atoms. The lowest BCUT2D eigenvalue weighted by atomic mass is 10.1. The molecule has 1 saturated heterocycles. The van der Waals surface area contributed by atoms with Gasteiger partial charge < -0.3 is 19.9 Å². The summed E-state index contributed by atoms with van der Waals surface area (Å²) < 4.78 is 5.50. The Bertz CT molecular complexity index is 589. The van der Waals surface area contributed by atoms with E-state index in [1.165, 1.54) is 11.3 Å². The molecular formula is C20H33IN4O. The van der Waals surface area contributed by atoms with E-state index in [2.05, 4.69) is 60.3 Å². The van der Waals surface area contributed by atoms with Crippen molar-refractivity contribution in [2.24, 2.45) is 10.9 Å². The van der Waals surface area contributed by atoms with Crippen LogP contribution in [0.2, 0.25) is 0 Å². The van der Waals surface area contributed by atoms with E-state index in [4.69, 9.17) is 9.73 Å². The molecule has 1 aromatic rings. The van der Waals surface area contributed by atoms with Gasteiger partial charge in [-0.05, 0) is 38.3 Å². The van der Waals surface area contributed by atoms with Crippen LogP contribution in [0.5, 0.6) is 0 Å². The molecule has 5 nitrogen and oxygen atoms in total. The van der Waals surface area contributed by atoms with E-state index in [1.54, 1.807) is 0 Å². The Morgan fingerprint density at radius 2 is 2.23 bits per heavy atom. The van der Waals surface area contributed by atoms with E-state index >= 15 is 0 Å². The maximum Gasteiger partial charge on any atom is 0.193 e. The fraction of sp³-hybridized carbons (Fsp3) is 0.650. The third-order valence-corrected chi connectivity index (χ3v) is 5.21. The van der Waals surface area contributed by atoms with Gasteiger partial charge in [0.2, 0.25) is 0 Å². The van der Waals surface area contributed by atoms with Crippen molar-refractivity contribution in [3.63, 3.8) is 0 Å². The number of anilines is 1. The molecule has 0 saturated carbocycles. The van der Waals surface area contributed by atoms with Crippen LogP contribution >= 0.6 is 24.0 Å². The highest BCUT2D eigenvalue weighted by Gasteiger charge is 2.23. The second-order valence-corrected chi connectivity index (χ2v) is 7.23. The number of nitrogens with zero attached hydrogens (tertiary/aromatic N) is 3. The van der Waals surface area contributed by atoms with Gasteiger partial charge in [-0.25, -0.2) is 0 Å². The summed E-state index contributed by atoms with van der Waals surface area (Å²) in [7, 11) is 2.13. The van der Waals surface area contributed by atoms with Crippen molar-refractivity contribution in [3.05, 3.63) is 29.8 Å². The third kappa shape index (κ3) is 5.25. The minimum atomic E-state index is 0. The van der Waals surface area contributed by atoms with Crippen LogP contribution < -0.4 is 10.2 Å². The first-order valence-corrected chi connectivity index (χ1v) is 9.60. The van der Waals surface area contributed by atoms with Crippen LogP contribution in [0.1, 0.15) is 25.8 Å².